The molecule has 2 aromatic carbocycles. The van der Waals surface area contributed by atoms with Crippen LogP contribution in [0.1, 0.15) is 0 Å². The zero-order valence-electron chi connectivity index (χ0n) is 13.1. The zero-order valence-corrected chi connectivity index (χ0v) is 13.1. The van der Waals surface area contributed by atoms with Crippen LogP contribution in [-0.4, -0.2) is 14.9 Å². The molecule has 0 saturated heterocycles. The number of para-hydroxylation sites is 1. The lowest BCUT2D eigenvalue weighted by molar-refractivity contribution is -0.383. The Morgan fingerprint density at radius 1 is 1.04 bits per heavy atom. The van der Waals surface area contributed by atoms with Gasteiger partial charge in [0, 0.05) is 5.69 Å². The highest BCUT2D eigenvalue weighted by Crippen LogP contribution is 2.32. The minimum absolute atomic E-state index is 0.0671. The van der Waals surface area contributed by atoms with Crippen LogP contribution in [0.3, 0.4) is 0 Å². The van der Waals surface area contributed by atoms with Gasteiger partial charge in [0.05, 0.1) is 10.6 Å². The maximum absolute atomic E-state index is 13.8. The number of benzene rings is 2. The van der Waals surface area contributed by atoms with Crippen LogP contribution in [-0.2, 0) is 0 Å². The summed E-state index contributed by atoms with van der Waals surface area (Å²) in [6, 6.07) is 11.0. The molecule has 0 atom stereocenters. The Morgan fingerprint density at radius 2 is 1.81 bits per heavy atom. The van der Waals surface area contributed by atoms with Crippen molar-refractivity contribution in [2.75, 3.05) is 16.4 Å². The van der Waals surface area contributed by atoms with E-state index in [0.29, 0.717) is 0 Å². The summed E-state index contributed by atoms with van der Waals surface area (Å²) in [6.45, 7) is 0. The molecule has 0 unspecified atom stereocenters. The molecule has 3 aromatic rings. The second-order valence-electron chi connectivity index (χ2n) is 5.13. The second-order valence-corrected chi connectivity index (χ2v) is 5.13. The SMILES string of the molecule is Nc1nc(Nc2ccccc2F)nc(Nc2cccc(F)c2)c1[N+](=O)[O-]. The molecular formula is C16H12F2N6O2. The van der Waals surface area contributed by atoms with Gasteiger partial charge in [0.15, 0.2) is 0 Å². The molecule has 1 heterocycles. The van der Waals surface area contributed by atoms with Crippen molar-refractivity contribution in [1.29, 1.82) is 0 Å². The second kappa shape index (κ2) is 6.97. The standard InChI is InChI=1S/C16H12F2N6O2/c17-9-4-3-5-10(8-9)20-15-13(24(25)26)14(19)22-16(23-15)21-12-7-2-1-6-11(12)18/h1-8H,(H4,19,20,21,22,23). The maximum atomic E-state index is 13.8. The van der Waals surface area contributed by atoms with Gasteiger partial charge in [-0.15, -0.1) is 0 Å². The summed E-state index contributed by atoms with van der Waals surface area (Å²) in [4.78, 5) is 18.3. The molecule has 0 bridgehead atoms. The fraction of sp³-hybridized carbons (Fsp3) is 0. The maximum Gasteiger partial charge on any atom is 0.353 e. The highest BCUT2D eigenvalue weighted by molar-refractivity contribution is 5.75. The van der Waals surface area contributed by atoms with Crippen LogP contribution < -0.4 is 16.4 Å². The van der Waals surface area contributed by atoms with Gasteiger partial charge in [-0.1, -0.05) is 18.2 Å². The summed E-state index contributed by atoms with van der Waals surface area (Å²) >= 11 is 0. The van der Waals surface area contributed by atoms with E-state index in [-0.39, 0.29) is 23.1 Å². The van der Waals surface area contributed by atoms with Gasteiger partial charge in [-0.2, -0.15) is 9.97 Å². The quantitative estimate of drug-likeness (QED) is 0.469. The number of halogens is 2. The number of nitrogens with zero attached hydrogens (tertiary/aromatic N) is 3. The van der Waals surface area contributed by atoms with Crippen molar-refractivity contribution in [1.82, 2.24) is 9.97 Å². The van der Waals surface area contributed by atoms with E-state index in [9.17, 15) is 18.9 Å². The molecule has 0 amide bonds. The lowest BCUT2D eigenvalue weighted by Crippen LogP contribution is -2.09. The van der Waals surface area contributed by atoms with Gasteiger partial charge in [0.2, 0.25) is 17.6 Å². The highest BCUT2D eigenvalue weighted by atomic mass is 19.1. The van der Waals surface area contributed by atoms with Gasteiger partial charge < -0.3 is 16.4 Å². The van der Waals surface area contributed by atoms with Crippen molar-refractivity contribution < 1.29 is 13.7 Å². The summed E-state index contributed by atoms with van der Waals surface area (Å²) in [5, 5.41) is 16.5. The average Bonchev–Trinajstić information content (AvgIpc) is 2.56. The lowest BCUT2D eigenvalue weighted by atomic mass is 10.3. The number of hydrogen-bond donors (Lipinski definition) is 3. The van der Waals surface area contributed by atoms with E-state index >= 15 is 0 Å². The van der Waals surface area contributed by atoms with Gasteiger partial charge in [-0.25, -0.2) is 8.78 Å². The number of anilines is 5. The number of rotatable bonds is 5. The van der Waals surface area contributed by atoms with Gasteiger partial charge in [0.1, 0.15) is 11.6 Å². The van der Waals surface area contributed by atoms with E-state index in [1.165, 1.54) is 36.4 Å². The van der Waals surface area contributed by atoms with Gasteiger partial charge in [-0.05, 0) is 30.3 Å². The molecule has 0 spiro atoms. The summed E-state index contributed by atoms with van der Waals surface area (Å²) in [6.07, 6.45) is 0. The molecule has 8 nitrogen and oxygen atoms in total. The molecule has 0 aliphatic rings. The molecule has 26 heavy (non-hydrogen) atoms. The summed E-state index contributed by atoms with van der Waals surface area (Å²) in [5.41, 5.74) is 5.37. The Bertz CT molecular complexity index is 983. The van der Waals surface area contributed by atoms with E-state index < -0.39 is 28.1 Å². The Morgan fingerprint density at radius 3 is 2.50 bits per heavy atom. The molecule has 0 aliphatic heterocycles. The monoisotopic (exact) mass is 358 g/mol. The Labute approximate surface area is 145 Å². The van der Waals surface area contributed by atoms with Gasteiger partial charge >= 0.3 is 5.69 Å². The van der Waals surface area contributed by atoms with E-state index in [0.717, 1.165) is 6.07 Å². The van der Waals surface area contributed by atoms with E-state index in [1.54, 1.807) is 6.07 Å². The molecule has 0 saturated carbocycles. The molecule has 1 aromatic heterocycles. The van der Waals surface area contributed by atoms with Crippen LogP contribution in [0.15, 0.2) is 48.5 Å². The Hall–Kier alpha value is -3.82. The first-order chi connectivity index (χ1) is 12.4. The summed E-state index contributed by atoms with van der Waals surface area (Å²) in [7, 11) is 0. The molecule has 4 N–H and O–H groups in total. The number of nitro groups is 1. The van der Waals surface area contributed by atoms with E-state index in [2.05, 4.69) is 20.6 Å². The van der Waals surface area contributed by atoms with E-state index in [1.807, 2.05) is 0 Å². The van der Waals surface area contributed by atoms with Crippen LogP contribution in [0, 0.1) is 21.7 Å². The van der Waals surface area contributed by atoms with Gasteiger partial charge in [-0.3, -0.25) is 10.1 Å². The zero-order chi connectivity index (χ0) is 18.7. The van der Waals surface area contributed by atoms with Crippen LogP contribution in [0.2, 0.25) is 0 Å². The smallest absolute Gasteiger partial charge is 0.353 e. The van der Waals surface area contributed by atoms with Crippen molar-refractivity contribution in [2.45, 2.75) is 0 Å². The third-order valence-corrected chi connectivity index (χ3v) is 3.30. The fourth-order valence-electron chi connectivity index (χ4n) is 2.18. The van der Waals surface area contributed by atoms with Crippen LogP contribution in [0.5, 0.6) is 0 Å². The first-order valence-electron chi connectivity index (χ1n) is 7.30. The lowest BCUT2D eigenvalue weighted by Gasteiger charge is -2.11. The van der Waals surface area contributed by atoms with Crippen molar-refractivity contribution in [3.8, 4) is 0 Å². The largest absolute Gasteiger partial charge is 0.378 e. The molecule has 10 heteroatoms. The predicted molar refractivity (Wildman–Crippen MR) is 92.5 cm³/mol. The molecule has 0 radical (unpaired) electrons. The first kappa shape index (κ1) is 17.0. The molecule has 3 rings (SSSR count). The predicted octanol–water partition coefficient (Wildman–Crippen LogP) is 3.73. The average molecular weight is 358 g/mol. The van der Waals surface area contributed by atoms with Crippen molar-refractivity contribution in [2.24, 2.45) is 0 Å². The number of nitrogens with one attached hydrogen (secondary N) is 2. The third kappa shape index (κ3) is 3.64. The Balaban J connectivity index is 2.02. The normalized spacial score (nSPS) is 10.4. The van der Waals surface area contributed by atoms with Crippen LogP contribution in [0.4, 0.5) is 43.4 Å². The number of hydrogen-bond acceptors (Lipinski definition) is 7. The third-order valence-electron chi connectivity index (χ3n) is 3.30. The van der Waals surface area contributed by atoms with Crippen molar-refractivity contribution >= 4 is 34.6 Å². The topological polar surface area (TPSA) is 119 Å². The fourth-order valence-corrected chi connectivity index (χ4v) is 2.18. The van der Waals surface area contributed by atoms with Crippen molar-refractivity contribution in [3.05, 3.63) is 70.3 Å². The summed E-state index contributed by atoms with van der Waals surface area (Å²) < 4.78 is 27.1. The summed E-state index contributed by atoms with van der Waals surface area (Å²) in [5.74, 6) is -1.94. The molecule has 132 valence electrons. The molecule has 0 fully saturated rings. The van der Waals surface area contributed by atoms with Gasteiger partial charge in [0.25, 0.3) is 0 Å². The van der Waals surface area contributed by atoms with Crippen molar-refractivity contribution in [3.63, 3.8) is 0 Å². The first-order valence-corrected chi connectivity index (χ1v) is 7.30. The number of nitrogen functional groups attached to an aromatic ring is 1. The minimum Gasteiger partial charge on any atom is -0.378 e. The van der Waals surface area contributed by atoms with E-state index in [4.69, 9.17) is 5.73 Å². The molecule has 0 aliphatic carbocycles. The number of nitrogens with two attached hydrogens (primary N) is 1. The Kier molecular flexibility index (Phi) is 4.56. The minimum atomic E-state index is -0.760. The highest BCUT2D eigenvalue weighted by Gasteiger charge is 2.23. The molecular weight excluding hydrogens is 346 g/mol. The van der Waals surface area contributed by atoms with Crippen LogP contribution in [0.25, 0.3) is 0 Å². The van der Waals surface area contributed by atoms with Crippen LogP contribution >= 0.6 is 0 Å². The number of aromatic nitrogens is 2.